The van der Waals surface area contributed by atoms with Gasteiger partial charge >= 0.3 is 108 Å². The van der Waals surface area contributed by atoms with E-state index in [4.69, 9.17) is 157 Å². The summed E-state index contributed by atoms with van der Waals surface area (Å²) in [6.07, 6.45) is 2.21. The summed E-state index contributed by atoms with van der Waals surface area (Å²) >= 11 is 0. The molecule has 0 rings (SSSR count). The van der Waals surface area contributed by atoms with Gasteiger partial charge in [-0.05, 0) is 50.5 Å². The summed E-state index contributed by atoms with van der Waals surface area (Å²) in [7, 11) is -17.6. The first-order valence-corrected chi connectivity index (χ1v) is 47.0. The van der Waals surface area contributed by atoms with Crippen LogP contribution in [-0.4, -0.2) is 313 Å². The molecule has 0 aromatic carbocycles. The molecule has 0 bridgehead atoms. The van der Waals surface area contributed by atoms with Crippen molar-refractivity contribution in [2.75, 3.05) is 199 Å². The van der Waals surface area contributed by atoms with Crippen LogP contribution < -0.4 is 5.32 Å². The Morgan fingerprint density at radius 3 is 0.467 bits per heavy atom. The Morgan fingerprint density at radius 1 is 0.244 bits per heavy atom. The van der Waals surface area contributed by atoms with Crippen molar-refractivity contribution in [3.63, 3.8) is 0 Å². The van der Waals surface area contributed by atoms with E-state index in [0.717, 1.165) is 0 Å². The van der Waals surface area contributed by atoms with Crippen molar-refractivity contribution in [3.05, 3.63) is 0 Å². The Bertz CT molecular complexity index is 1440. The van der Waals surface area contributed by atoms with E-state index in [1.807, 2.05) is 6.41 Å². The molecule has 1 N–H and O–H groups in total. The Labute approximate surface area is 559 Å². The van der Waals surface area contributed by atoms with Gasteiger partial charge < -0.3 is 167 Å². The van der Waals surface area contributed by atoms with E-state index < -0.39 is 113 Å². The van der Waals surface area contributed by atoms with Gasteiger partial charge in [-0.1, -0.05) is 0 Å². The van der Waals surface area contributed by atoms with Crippen LogP contribution in [-0.2, 0) is 182 Å². The predicted octanol–water partition coefficient (Wildman–Crippen LogP) is 0.307. The summed E-state index contributed by atoms with van der Waals surface area (Å²) < 4.78 is 218. The SMILES string of the molecule is CO[Si](OC)(OC)O[Si](CCCC(CCC[Si](O[Si](OC)(OC)OC)(O[Si](OC)(OC)OC)O[Si](OC)(OC)OC)(CCC[Si](O[Si](OC)(OC)OC)(O[Si](OC)(OC)OC)O[Si](OC)(OC)OC)CN[C-]=O)(O[Si](OC)(OC)OC)O[Si](OC)(OC)OC.[W]. The van der Waals surface area contributed by atoms with Gasteiger partial charge in [0.15, 0.2) is 0 Å². The van der Waals surface area contributed by atoms with E-state index in [-0.39, 0.29) is 84.3 Å². The topological polar surface area (TPSA) is 361 Å². The zero-order valence-corrected chi connectivity index (χ0v) is 72.0. The fourth-order valence-corrected chi connectivity index (χ4v) is 46.2. The second-order valence-electron chi connectivity index (χ2n) is 17.5. The van der Waals surface area contributed by atoms with Crippen LogP contribution in [0.25, 0.3) is 0 Å². The van der Waals surface area contributed by atoms with Crippen LogP contribution in [0.5, 0.6) is 0 Å². The molecule has 540 valence electrons. The van der Waals surface area contributed by atoms with Gasteiger partial charge in [0.2, 0.25) is 0 Å². The molecule has 1 amide bonds. The summed E-state index contributed by atoms with van der Waals surface area (Å²) in [5.74, 6) is 0. The molecule has 0 aliphatic carbocycles. The zero-order chi connectivity index (χ0) is 68.4. The van der Waals surface area contributed by atoms with Gasteiger partial charge in [-0.15, -0.1) is 0 Å². The van der Waals surface area contributed by atoms with Crippen molar-refractivity contribution in [1.29, 1.82) is 0 Å². The summed E-state index contributed by atoms with van der Waals surface area (Å²) in [6, 6.07) is -0.637. The van der Waals surface area contributed by atoms with Crippen LogP contribution >= 0.6 is 0 Å². The van der Waals surface area contributed by atoms with Crippen LogP contribution in [0, 0.1) is 5.41 Å². The van der Waals surface area contributed by atoms with Gasteiger partial charge in [-0.25, -0.2) is 0 Å². The molecule has 0 saturated heterocycles. The summed E-state index contributed by atoms with van der Waals surface area (Å²) in [5, 5.41) is 2.79. The Balaban J connectivity index is 0. The molecule has 0 aliphatic rings. The van der Waals surface area contributed by atoms with Gasteiger partial charge in [0.25, 0.3) is 0 Å². The number of amides is 1. The van der Waals surface area contributed by atoms with Gasteiger partial charge in [-0.2, -0.15) is 6.41 Å². The smallest absolute Gasteiger partial charge is 0.529 e. The Hall–Kier alpha value is 1.32. The largest absolute Gasteiger partial charge is 0.671 e. The molecule has 0 unspecified atom stereocenters. The van der Waals surface area contributed by atoms with Crippen LogP contribution in [0.2, 0.25) is 18.1 Å². The minimum atomic E-state index is -4.75. The summed E-state index contributed by atoms with van der Waals surface area (Å²) in [4.78, 5) is 12.7. The van der Waals surface area contributed by atoms with Gasteiger partial charge in [0.1, 0.15) is 0 Å². The van der Waals surface area contributed by atoms with Gasteiger partial charge in [-0.3, -0.25) is 0 Å². The molecule has 0 atom stereocenters. The number of hydrogen-bond donors (Lipinski definition) is 1. The molecule has 0 aliphatic heterocycles. The first-order chi connectivity index (χ1) is 42.2. The third-order valence-electron chi connectivity index (χ3n) is 13.4. The van der Waals surface area contributed by atoms with Crippen LogP contribution in [0.15, 0.2) is 0 Å². The van der Waals surface area contributed by atoms with Gasteiger partial charge in [0, 0.05) is 231 Å². The predicted molar refractivity (Wildman–Crippen MR) is 326 cm³/mol. The van der Waals surface area contributed by atoms with Crippen molar-refractivity contribution in [2.24, 2.45) is 5.41 Å². The Kier molecular flexibility index (Phi) is 46.1. The third-order valence-corrected chi connectivity index (χ3v) is 50.0. The molecule has 0 fully saturated rings. The summed E-state index contributed by atoms with van der Waals surface area (Å²) in [5.41, 5.74) is -1.17. The maximum absolute atomic E-state index is 12.7. The fraction of sp³-hybridized carbons (Fsp3) is 0.974. The first kappa shape index (κ1) is 93.4. The minimum absolute atomic E-state index is 0. The van der Waals surface area contributed by atoms with Crippen LogP contribution in [0.3, 0.4) is 0 Å². The monoisotopic (exact) mass is 1700 g/mol. The summed E-state index contributed by atoms with van der Waals surface area (Å²) in [6.45, 7) is -0.131. The average Bonchev–Trinajstić information content (AvgIpc) is 1.04. The molecule has 0 saturated carbocycles. The van der Waals surface area contributed by atoms with E-state index >= 15 is 0 Å². The maximum atomic E-state index is 12.7. The first-order valence-electron chi connectivity index (χ1n) is 26.5. The van der Waals surface area contributed by atoms with E-state index in [2.05, 4.69) is 5.32 Å². The van der Waals surface area contributed by atoms with E-state index in [0.29, 0.717) is 0 Å². The zero-order valence-electron chi connectivity index (χ0n) is 57.1. The normalized spacial score (nSPS) is 14.2. The second kappa shape index (κ2) is 44.5. The van der Waals surface area contributed by atoms with Crippen molar-refractivity contribution in [1.82, 2.24) is 5.32 Å². The quantitative estimate of drug-likeness (QED) is 0.0486. The van der Waals surface area contributed by atoms with Crippen LogP contribution in [0.1, 0.15) is 38.5 Å². The Morgan fingerprint density at radius 2 is 0.367 bits per heavy atom. The van der Waals surface area contributed by atoms with E-state index in [1.165, 1.54) is 192 Å². The van der Waals surface area contributed by atoms with Crippen molar-refractivity contribution >= 4 is 114 Å². The second-order valence-corrected chi connectivity index (χ2v) is 50.5. The van der Waals surface area contributed by atoms with Crippen molar-refractivity contribution in [3.8, 4) is 0 Å². The maximum Gasteiger partial charge on any atom is 0.671 e. The molecular weight excluding hydrogens is 1600 g/mol. The van der Waals surface area contributed by atoms with Crippen molar-refractivity contribution < 1.29 is 182 Å². The van der Waals surface area contributed by atoms with Gasteiger partial charge in [0.05, 0.1) is 0 Å². The average molecular weight is 1700 g/mol. The van der Waals surface area contributed by atoms with Crippen molar-refractivity contribution in [2.45, 2.75) is 56.7 Å². The number of rotatable bonds is 60. The van der Waals surface area contributed by atoms with E-state index in [9.17, 15) is 4.79 Å². The molecule has 90 heavy (non-hydrogen) atoms. The number of nitrogens with one attached hydrogen (secondary N) is 1. The molecule has 0 radical (unpaired) electrons. The fourth-order valence-electron chi connectivity index (χ4n) is 8.64. The third kappa shape index (κ3) is 25.5. The number of hydrogen-bond acceptors (Lipinski definition) is 37. The molecule has 0 heterocycles. The molecular formula is C39H102NO37Si12W-. The van der Waals surface area contributed by atoms with E-state index in [1.54, 1.807) is 0 Å². The van der Waals surface area contributed by atoms with Crippen LogP contribution in [0.4, 0.5) is 0 Å². The molecule has 0 spiro atoms. The number of carbonyl (C=O) groups excluding carboxylic acids is 1. The molecule has 51 heteroatoms. The molecule has 0 aromatic rings. The molecule has 38 nitrogen and oxygen atoms in total. The minimum Gasteiger partial charge on any atom is -0.529 e. The standard InChI is InChI=1S/C39H102NO37Si12.W/c1-42-81(43-2,44-3)69-78(70-82(45-4,46-5)47-6,71-83(48-7,49-8)50-9)34-28-31-39(37-40-38-41,32-29-35-79(72-84(51-10,52-11)53-12,73-85(54-13,55-14)56-15)74-86(57-16,58-17)59-18)33-30-36-80(75-87(60-19,61-20)62-21,76-88(63-22,64-23)65-24)77-89(66-25,67-26)68-27;/h28-37H2,1-27H3,(H,40,41);/q-1;. The molecule has 0 aromatic heterocycles.